The summed E-state index contributed by atoms with van der Waals surface area (Å²) in [5, 5.41) is 13.8. The maximum Gasteiger partial charge on any atom is 0.191 e. The molecule has 4 aromatic rings. The molecular weight excluding hydrogens is 415 g/mol. The Kier molecular flexibility index (Phi) is 5.82. The predicted molar refractivity (Wildman–Crippen MR) is 116 cm³/mol. The van der Waals surface area contributed by atoms with Crippen molar-refractivity contribution < 1.29 is 13.7 Å². The normalized spacial score (nSPS) is 16.1. The summed E-state index contributed by atoms with van der Waals surface area (Å²) in [4.78, 5) is 0. The van der Waals surface area contributed by atoms with E-state index in [2.05, 4.69) is 19.9 Å². The molecule has 2 aromatic heterocycles. The molecule has 0 bridgehead atoms. The van der Waals surface area contributed by atoms with Crippen LogP contribution in [0.1, 0.15) is 18.5 Å². The number of hydrogen-bond acceptors (Lipinski definition) is 6. The second kappa shape index (κ2) is 9.03. The van der Waals surface area contributed by atoms with Crippen molar-refractivity contribution >= 4 is 11.8 Å². The maximum atomic E-state index is 13.4. The molecule has 2 aromatic carbocycles. The summed E-state index contributed by atoms with van der Waals surface area (Å²) in [6.45, 7) is 1.44. The van der Waals surface area contributed by atoms with Crippen LogP contribution in [0.3, 0.4) is 0 Å². The van der Waals surface area contributed by atoms with Crippen LogP contribution in [-0.2, 0) is 17.0 Å². The molecule has 31 heavy (non-hydrogen) atoms. The third kappa shape index (κ3) is 4.55. The highest BCUT2D eigenvalue weighted by molar-refractivity contribution is 7.98. The SMILES string of the molecule is Fc1ccc(-c2nnc(SCc3cc(-c4ccccc4)on3)n2CC2CCCO2)cc1. The Morgan fingerprint density at radius 3 is 2.65 bits per heavy atom. The lowest BCUT2D eigenvalue weighted by Gasteiger charge is -2.14. The molecule has 1 fully saturated rings. The van der Waals surface area contributed by atoms with Crippen molar-refractivity contribution in [2.75, 3.05) is 6.61 Å². The molecule has 1 aliphatic heterocycles. The van der Waals surface area contributed by atoms with Crippen LogP contribution >= 0.6 is 11.8 Å². The largest absolute Gasteiger partial charge is 0.376 e. The van der Waals surface area contributed by atoms with Gasteiger partial charge in [0.2, 0.25) is 0 Å². The average molecular weight is 437 g/mol. The van der Waals surface area contributed by atoms with Gasteiger partial charge in [0.05, 0.1) is 18.3 Å². The Morgan fingerprint density at radius 1 is 1.03 bits per heavy atom. The van der Waals surface area contributed by atoms with Crippen molar-refractivity contribution in [2.24, 2.45) is 0 Å². The summed E-state index contributed by atoms with van der Waals surface area (Å²) in [6.07, 6.45) is 2.20. The predicted octanol–water partition coefficient (Wildman–Crippen LogP) is 5.21. The summed E-state index contributed by atoms with van der Waals surface area (Å²) >= 11 is 1.55. The first-order valence-electron chi connectivity index (χ1n) is 10.2. The van der Waals surface area contributed by atoms with Gasteiger partial charge in [-0.25, -0.2) is 4.39 Å². The minimum absolute atomic E-state index is 0.131. The molecule has 158 valence electrons. The summed E-state index contributed by atoms with van der Waals surface area (Å²) in [5.41, 5.74) is 2.65. The van der Waals surface area contributed by atoms with Gasteiger partial charge in [-0.1, -0.05) is 47.3 Å². The second-order valence-electron chi connectivity index (χ2n) is 7.40. The number of thioether (sulfide) groups is 1. The van der Waals surface area contributed by atoms with E-state index in [0.29, 0.717) is 18.1 Å². The number of nitrogens with zero attached hydrogens (tertiary/aromatic N) is 4. The fraction of sp³-hybridized carbons (Fsp3) is 0.261. The summed E-state index contributed by atoms with van der Waals surface area (Å²) in [6, 6.07) is 18.2. The van der Waals surface area contributed by atoms with Gasteiger partial charge in [0.25, 0.3) is 0 Å². The van der Waals surface area contributed by atoms with Crippen molar-refractivity contribution in [2.45, 2.75) is 36.4 Å². The summed E-state index contributed by atoms with van der Waals surface area (Å²) in [5.74, 6) is 1.78. The van der Waals surface area contributed by atoms with E-state index in [0.717, 1.165) is 47.2 Å². The van der Waals surface area contributed by atoms with E-state index in [1.165, 1.54) is 12.1 Å². The number of aromatic nitrogens is 4. The van der Waals surface area contributed by atoms with Crippen LogP contribution in [0.5, 0.6) is 0 Å². The number of rotatable bonds is 7. The number of ether oxygens (including phenoxy) is 1. The second-order valence-corrected chi connectivity index (χ2v) is 8.34. The van der Waals surface area contributed by atoms with Gasteiger partial charge >= 0.3 is 0 Å². The zero-order chi connectivity index (χ0) is 21.0. The first-order valence-corrected chi connectivity index (χ1v) is 11.2. The molecule has 0 saturated carbocycles. The topological polar surface area (TPSA) is 66.0 Å². The smallest absolute Gasteiger partial charge is 0.191 e. The van der Waals surface area contributed by atoms with Crippen LogP contribution < -0.4 is 0 Å². The quantitative estimate of drug-likeness (QED) is 0.371. The highest BCUT2D eigenvalue weighted by Gasteiger charge is 2.22. The van der Waals surface area contributed by atoms with E-state index in [9.17, 15) is 4.39 Å². The van der Waals surface area contributed by atoms with Crippen molar-refractivity contribution in [1.29, 1.82) is 0 Å². The Morgan fingerprint density at radius 2 is 1.87 bits per heavy atom. The molecule has 6 nitrogen and oxygen atoms in total. The van der Waals surface area contributed by atoms with E-state index >= 15 is 0 Å². The molecule has 0 radical (unpaired) electrons. The third-order valence-corrected chi connectivity index (χ3v) is 6.20. The van der Waals surface area contributed by atoms with Crippen molar-refractivity contribution in [3.05, 3.63) is 72.2 Å². The molecule has 5 rings (SSSR count). The van der Waals surface area contributed by atoms with Crippen LogP contribution in [-0.4, -0.2) is 32.6 Å². The maximum absolute atomic E-state index is 13.4. The first kappa shape index (κ1) is 20.0. The molecule has 1 aliphatic rings. The van der Waals surface area contributed by atoms with E-state index in [1.54, 1.807) is 23.9 Å². The molecule has 0 N–H and O–H groups in total. The molecule has 0 amide bonds. The van der Waals surface area contributed by atoms with Crippen LogP contribution in [0.15, 0.2) is 70.3 Å². The Bertz CT molecular complexity index is 1140. The molecule has 1 atom stereocenters. The molecule has 1 unspecified atom stereocenters. The molecule has 1 saturated heterocycles. The summed E-state index contributed by atoms with van der Waals surface area (Å²) in [7, 11) is 0. The van der Waals surface area contributed by atoms with Gasteiger partial charge in [0, 0.05) is 29.6 Å². The van der Waals surface area contributed by atoms with Crippen LogP contribution in [0, 0.1) is 5.82 Å². The molecule has 0 spiro atoms. The Labute approximate surface area is 183 Å². The lowest BCUT2D eigenvalue weighted by atomic mass is 10.2. The average Bonchev–Trinajstić information content (AvgIpc) is 3.56. The first-order chi connectivity index (χ1) is 15.3. The van der Waals surface area contributed by atoms with Gasteiger partial charge in [0.1, 0.15) is 5.82 Å². The molecule has 3 heterocycles. The van der Waals surface area contributed by atoms with Gasteiger partial charge in [0.15, 0.2) is 16.7 Å². The molecule has 8 heteroatoms. The van der Waals surface area contributed by atoms with E-state index in [-0.39, 0.29) is 11.9 Å². The van der Waals surface area contributed by atoms with Gasteiger partial charge in [-0.3, -0.25) is 4.57 Å². The lowest BCUT2D eigenvalue weighted by Crippen LogP contribution is -2.16. The van der Waals surface area contributed by atoms with E-state index < -0.39 is 0 Å². The van der Waals surface area contributed by atoms with Crippen molar-refractivity contribution in [3.8, 4) is 22.7 Å². The fourth-order valence-electron chi connectivity index (χ4n) is 3.62. The number of hydrogen-bond donors (Lipinski definition) is 0. The highest BCUT2D eigenvalue weighted by atomic mass is 32.2. The zero-order valence-corrected chi connectivity index (χ0v) is 17.6. The molecular formula is C23H21FN4O2S. The van der Waals surface area contributed by atoms with Crippen LogP contribution in [0.4, 0.5) is 4.39 Å². The Balaban J connectivity index is 1.37. The molecule has 0 aliphatic carbocycles. The fourth-order valence-corrected chi connectivity index (χ4v) is 4.45. The Hall–Kier alpha value is -2.97. The standard InChI is InChI=1S/C23H21FN4O2S/c24-18-10-8-17(9-11-18)22-25-26-23(28(22)14-20-7-4-12-29-20)31-15-19-13-21(30-27-19)16-5-2-1-3-6-16/h1-3,5-6,8-11,13,20H,4,7,12,14-15H2. The van der Waals surface area contributed by atoms with Gasteiger partial charge in [-0.05, 0) is 37.1 Å². The van der Waals surface area contributed by atoms with Gasteiger partial charge in [-0.15, -0.1) is 10.2 Å². The van der Waals surface area contributed by atoms with Crippen molar-refractivity contribution in [1.82, 2.24) is 19.9 Å². The van der Waals surface area contributed by atoms with Gasteiger partial charge < -0.3 is 9.26 Å². The lowest BCUT2D eigenvalue weighted by molar-refractivity contribution is 0.0953. The number of halogens is 1. The van der Waals surface area contributed by atoms with Gasteiger partial charge in [-0.2, -0.15) is 0 Å². The van der Waals surface area contributed by atoms with Crippen molar-refractivity contribution in [3.63, 3.8) is 0 Å². The summed E-state index contributed by atoms with van der Waals surface area (Å²) < 4.78 is 26.8. The zero-order valence-electron chi connectivity index (χ0n) is 16.8. The monoisotopic (exact) mass is 436 g/mol. The highest BCUT2D eigenvalue weighted by Crippen LogP contribution is 2.29. The van der Waals surface area contributed by atoms with Crippen LogP contribution in [0.2, 0.25) is 0 Å². The van der Waals surface area contributed by atoms with E-state index in [4.69, 9.17) is 9.26 Å². The minimum Gasteiger partial charge on any atom is -0.376 e. The van der Waals surface area contributed by atoms with Crippen LogP contribution in [0.25, 0.3) is 22.7 Å². The van der Waals surface area contributed by atoms with E-state index in [1.807, 2.05) is 36.4 Å². The minimum atomic E-state index is -0.274. The third-order valence-electron chi connectivity index (χ3n) is 5.20. The number of benzene rings is 2.